The smallest absolute Gasteiger partial charge is 0.214 e. The summed E-state index contributed by atoms with van der Waals surface area (Å²) in [6.45, 7) is 10.6. The van der Waals surface area contributed by atoms with Crippen LogP contribution < -0.4 is 5.73 Å². The largest absolute Gasteiger partial charge is 0.330 e. The number of sulfonamides is 1. The first-order valence-electron chi connectivity index (χ1n) is 7.15. The third-order valence-electron chi connectivity index (χ3n) is 3.23. The predicted molar refractivity (Wildman–Crippen MR) is 79.5 cm³/mol. The molecule has 2 N–H and O–H groups in total. The average Bonchev–Trinajstić information content (AvgIpc) is 2.48. The minimum atomic E-state index is -3.13. The second-order valence-electron chi connectivity index (χ2n) is 6.55. The molecule has 0 saturated carbocycles. The van der Waals surface area contributed by atoms with E-state index in [1.165, 1.54) is 0 Å². The molecule has 114 valence electrons. The van der Waals surface area contributed by atoms with E-state index in [-0.39, 0.29) is 11.2 Å². The highest BCUT2D eigenvalue weighted by molar-refractivity contribution is 7.89. The highest BCUT2D eigenvalue weighted by atomic mass is 32.2. The predicted octanol–water partition coefficient (Wildman–Crippen LogP) is 0.719. The molecule has 0 aromatic carbocycles. The van der Waals surface area contributed by atoms with Crippen molar-refractivity contribution in [2.75, 3.05) is 45.0 Å². The first kappa shape index (κ1) is 16.9. The fraction of sp³-hybridized carbons (Fsp3) is 1.00. The van der Waals surface area contributed by atoms with Crippen molar-refractivity contribution in [3.8, 4) is 0 Å². The Balaban J connectivity index is 2.57. The Bertz CT molecular complexity index is 363. The summed E-state index contributed by atoms with van der Waals surface area (Å²) in [5.41, 5.74) is 5.33. The summed E-state index contributed by atoms with van der Waals surface area (Å²) in [4.78, 5) is 2.32. The lowest BCUT2D eigenvalue weighted by molar-refractivity contribution is 0.284. The monoisotopic (exact) mass is 291 g/mol. The van der Waals surface area contributed by atoms with Crippen LogP contribution in [0.25, 0.3) is 0 Å². The van der Waals surface area contributed by atoms with Gasteiger partial charge in [0.05, 0.1) is 5.75 Å². The van der Waals surface area contributed by atoms with Gasteiger partial charge in [0, 0.05) is 19.6 Å². The van der Waals surface area contributed by atoms with E-state index in [4.69, 9.17) is 5.73 Å². The van der Waals surface area contributed by atoms with Crippen LogP contribution in [0.5, 0.6) is 0 Å². The topological polar surface area (TPSA) is 66.6 Å². The second-order valence-corrected chi connectivity index (χ2v) is 8.52. The Kier molecular flexibility index (Phi) is 6.23. The van der Waals surface area contributed by atoms with Gasteiger partial charge in [-0.05, 0) is 37.9 Å². The van der Waals surface area contributed by atoms with Gasteiger partial charge < -0.3 is 10.6 Å². The quantitative estimate of drug-likeness (QED) is 0.810. The van der Waals surface area contributed by atoms with Crippen LogP contribution in [0.1, 0.15) is 33.6 Å². The molecule has 0 aromatic heterocycles. The van der Waals surface area contributed by atoms with Crippen molar-refractivity contribution in [3.05, 3.63) is 0 Å². The van der Waals surface area contributed by atoms with Crippen molar-refractivity contribution in [3.63, 3.8) is 0 Å². The zero-order chi connectivity index (χ0) is 14.5. The van der Waals surface area contributed by atoms with Crippen LogP contribution in [0.2, 0.25) is 0 Å². The van der Waals surface area contributed by atoms with E-state index in [1.807, 2.05) is 20.8 Å². The van der Waals surface area contributed by atoms with E-state index in [1.54, 1.807) is 4.31 Å². The van der Waals surface area contributed by atoms with E-state index in [0.717, 1.165) is 32.5 Å². The van der Waals surface area contributed by atoms with Gasteiger partial charge in [0.1, 0.15) is 0 Å². The number of hydrogen-bond acceptors (Lipinski definition) is 4. The number of rotatable bonds is 5. The van der Waals surface area contributed by atoms with Gasteiger partial charge in [-0.2, -0.15) is 0 Å². The normalized spacial score (nSPS) is 20.4. The molecule has 1 saturated heterocycles. The van der Waals surface area contributed by atoms with Crippen LogP contribution in [0, 0.1) is 5.41 Å². The van der Waals surface area contributed by atoms with Crippen LogP contribution >= 0.6 is 0 Å². The van der Waals surface area contributed by atoms with Crippen LogP contribution in [0.4, 0.5) is 0 Å². The summed E-state index contributed by atoms with van der Waals surface area (Å²) in [7, 11) is -3.13. The Labute approximate surface area is 118 Å². The molecule has 0 atom stereocenters. The maximum absolute atomic E-state index is 12.4. The van der Waals surface area contributed by atoms with Crippen LogP contribution in [-0.4, -0.2) is 62.6 Å². The molecule has 0 spiro atoms. The third-order valence-corrected chi connectivity index (χ3v) is 5.62. The molecule has 0 bridgehead atoms. The van der Waals surface area contributed by atoms with Gasteiger partial charge >= 0.3 is 0 Å². The first-order valence-corrected chi connectivity index (χ1v) is 8.76. The Morgan fingerprint density at radius 1 is 1.11 bits per heavy atom. The van der Waals surface area contributed by atoms with Gasteiger partial charge in [-0.3, -0.25) is 0 Å². The fourth-order valence-electron chi connectivity index (χ4n) is 2.40. The van der Waals surface area contributed by atoms with Gasteiger partial charge in [0.15, 0.2) is 0 Å². The highest BCUT2D eigenvalue weighted by Gasteiger charge is 2.29. The Morgan fingerprint density at radius 3 is 2.37 bits per heavy atom. The van der Waals surface area contributed by atoms with Gasteiger partial charge in [-0.1, -0.05) is 20.8 Å². The van der Waals surface area contributed by atoms with E-state index in [2.05, 4.69) is 4.90 Å². The summed E-state index contributed by atoms with van der Waals surface area (Å²) < 4.78 is 26.4. The molecule has 0 amide bonds. The standard InChI is InChI=1S/C13H29N3O2S/c1-13(2,3)12-19(17,18)16-9-5-8-15(10-11-16)7-4-6-14/h4-12,14H2,1-3H3. The SMILES string of the molecule is CC(C)(C)CS(=O)(=O)N1CCCN(CCCN)CC1. The van der Waals surface area contributed by atoms with Crippen molar-refractivity contribution in [1.82, 2.24) is 9.21 Å². The van der Waals surface area contributed by atoms with Gasteiger partial charge in [0.25, 0.3) is 0 Å². The zero-order valence-corrected chi connectivity index (χ0v) is 13.4. The molecule has 0 aliphatic carbocycles. The molecule has 0 radical (unpaired) electrons. The molecule has 0 unspecified atom stereocenters. The second kappa shape index (κ2) is 7.02. The summed E-state index contributed by atoms with van der Waals surface area (Å²) in [5.74, 6) is 0.225. The molecule has 1 rings (SSSR count). The van der Waals surface area contributed by atoms with Gasteiger partial charge in [0.2, 0.25) is 10.0 Å². The molecule has 5 nitrogen and oxygen atoms in total. The van der Waals surface area contributed by atoms with Crippen molar-refractivity contribution in [2.24, 2.45) is 11.1 Å². The van der Waals surface area contributed by atoms with E-state index < -0.39 is 10.0 Å². The molecular formula is C13H29N3O2S. The molecule has 19 heavy (non-hydrogen) atoms. The minimum absolute atomic E-state index is 0.190. The third kappa shape index (κ3) is 6.21. The fourth-order valence-corrected chi connectivity index (χ4v) is 4.45. The first-order chi connectivity index (χ1) is 8.74. The summed E-state index contributed by atoms with van der Waals surface area (Å²) in [6, 6.07) is 0. The summed E-state index contributed by atoms with van der Waals surface area (Å²) >= 11 is 0. The molecule has 6 heteroatoms. The molecular weight excluding hydrogens is 262 g/mol. The number of nitrogens with zero attached hydrogens (tertiary/aromatic N) is 2. The molecule has 0 aromatic rings. The molecule has 1 aliphatic heterocycles. The Morgan fingerprint density at radius 2 is 1.79 bits per heavy atom. The lowest BCUT2D eigenvalue weighted by Gasteiger charge is -2.25. The minimum Gasteiger partial charge on any atom is -0.330 e. The molecule has 1 aliphatic rings. The van der Waals surface area contributed by atoms with Crippen molar-refractivity contribution >= 4 is 10.0 Å². The van der Waals surface area contributed by atoms with Gasteiger partial charge in [-0.25, -0.2) is 12.7 Å². The lowest BCUT2D eigenvalue weighted by Crippen LogP contribution is -2.39. The van der Waals surface area contributed by atoms with Crippen molar-refractivity contribution in [2.45, 2.75) is 33.6 Å². The van der Waals surface area contributed by atoms with Crippen molar-refractivity contribution < 1.29 is 8.42 Å². The number of nitrogens with two attached hydrogens (primary N) is 1. The average molecular weight is 291 g/mol. The summed E-state index contributed by atoms with van der Waals surface area (Å²) in [5, 5.41) is 0. The van der Waals surface area contributed by atoms with Gasteiger partial charge in [-0.15, -0.1) is 0 Å². The molecule has 1 fully saturated rings. The van der Waals surface area contributed by atoms with Crippen LogP contribution in [0.3, 0.4) is 0 Å². The molecule has 1 heterocycles. The van der Waals surface area contributed by atoms with Crippen LogP contribution in [-0.2, 0) is 10.0 Å². The highest BCUT2D eigenvalue weighted by Crippen LogP contribution is 2.19. The van der Waals surface area contributed by atoms with E-state index >= 15 is 0 Å². The maximum Gasteiger partial charge on any atom is 0.214 e. The van der Waals surface area contributed by atoms with Crippen LogP contribution in [0.15, 0.2) is 0 Å². The van der Waals surface area contributed by atoms with Crippen molar-refractivity contribution in [1.29, 1.82) is 0 Å². The lowest BCUT2D eigenvalue weighted by atomic mass is 10.0. The zero-order valence-electron chi connectivity index (χ0n) is 12.6. The maximum atomic E-state index is 12.4. The Hall–Kier alpha value is -0.170. The summed E-state index contributed by atoms with van der Waals surface area (Å²) in [6.07, 6.45) is 1.89. The number of hydrogen-bond donors (Lipinski definition) is 1. The van der Waals surface area contributed by atoms with E-state index in [0.29, 0.717) is 19.6 Å². The van der Waals surface area contributed by atoms with E-state index in [9.17, 15) is 8.42 Å².